The van der Waals surface area contributed by atoms with Gasteiger partial charge in [0.1, 0.15) is 0 Å². The molecule has 12 heteroatoms. The van der Waals surface area contributed by atoms with Gasteiger partial charge < -0.3 is 4.52 Å². The summed E-state index contributed by atoms with van der Waals surface area (Å²) in [5, 5.41) is 3.77. The van der Waals surface area contributed by atoms with Gasteiger partial charge in [-0.2, -0.15) is 9.29 Å². The molecule has 2 aromatic heterocycles. The molecule has 0 unspecified atom stereocenters. The van der Waals surface area contributed by atoms with Crippen LogP contribution < -0.4 is 10.9 Å². The second-order valence-electron chi connectivity index (χ2n) is 6.17. The fourth-order valence-electron chi connectivity index (χ4n) is 2.38. The van der Waals surface area contributed by atoms with Gasteiger partial charge in [-0.1, -0.05) is 17.3 Å². The molecule has 1 amide bonds. The second-order valence-corrected chi connectivity index (χ2v) is 8.22. The van der Waals surface area contributed by atoms with Crippen molar-refractivity contribution in [3.8, 4) is 11.4 Å². The van der Waals surface area contributed by atoms with E-state index < -0.39 is 22.5 Å². The van der Waals surface area contributed by atoms with Crippen molar-refractivity contribution >= 4 is 27.7 Å². The summed E-state index contributed by atoms with van der Waals surface area (Å²) in [6, 6.07) is 8.78. The third-order valence-corrected chi connectivity index (χ3v) is 5.83. The molecule has 2 N–H and O–H groups in total. The fourth-order valence-corrected chi connectivity index (χ4v) is 3.51. The molecule has 3 rings (SSSR count). The highest BCUT2D eigenvalue weighted by atomic mass is 32.2. The summed E-state index contributed by atoms with van der Waals surface area (Å²) >= 11 is 0. The van der Waals surface area contributed by atoms with Gasteiger partial charge in [0.25, 0.3) is 5.91 Å². The predicted molar refractivity (Wildman–Crippen MR) is 106 cm³/mol. The van der Waals surface area contributed by atoms with E-state index in [0.29, 0.717) is 17.0 Å². The number of anilines is 1. The first-order chi connectivity index (χ1) is 14.3. The Balaban J connectivity index is 1.58. The molecular weight excluding hydrogens is 412 g/mol. The van der Waals surface area contributed by atoms with Crippen LogP contribution in [0.5, 0.6) is 0 Å². The quantitative estimate of drug-likeness (QED) is 0.396. The average Bonchev–Trinajstić information content (AvgIpc) is 3.22. The molecule has 0 fully saturated rings. The molecule has 0 radical (unpaired) electrons. The minimum atomic E-state index is -3.92. The van der Waals surface area contributed by atoms with Crippen molar-refractivity contribution in [3.05, 3.63) is 54.4 Å². The van der Waals surface area contributed by atoms with Crippen LogP contribution in [0, 0.1) is 0 Å². The molecule has 0 saturated heterocycles. The Morgan fingerprint density at radius 1 is 1.10 bits per heavy atom. The molecule has 0 atom stereocenters. The Hall–Kier alpha value is -3.64. The molecule has 0 aliphatic rings. The average molecular weight is 430 g/mol. The van der Waals surface area contributed by atoms with E-state index in [1.165, 1.54) is 38.2 Å². The molecule has 0 saturated carbocycles. The van der Waals surface area contributed by atoms with E-state index in [1.807, 2.05) is 0 Å². The van der Waals surface area contributed by atoms with Crippen molar-refractivity contribution in [2.45, 2.75) is 11.8 Å². The molecule has 156 valence electrons. The van der Waals surface area contributed by atoms with Gasteiger partial charge in [0, 0.05) is 30.6 Å². The van der Waals surface area contributed by atoms with Crippen molar-refractivity contribution in [2.24, 2.45) is 0 Å². The number of hydrogen-bond acceptors (Lipinski definition) is 9. The number of sulfonamides is 1. The largest absolute Gasteiger partial charge is 0.340 e. The van der Waals surface area contributed by atoms with E-state index in [2.05, 4.69) is 26.0 Å². The van der Waals surface area contributed by atoms with Crippen LogP contribution >= 0.6 is 0 Å². The van der Waals surface area contributed by atoms with Crippen LogP contribution in [0.2, 0.25) is 0 Å². The van der Waals surface area contributed by atoms with Gasteiger partial charge in [-0.05, 0) is 31.2 Å². The molecule has 0 spiro atoms. The number of aromatic nitrogens is 3. The predicted octanol–water partition coefficient (Wildman–Crippen LogP) is 1.10. The monoisotopic (exact) mass is 430 g/mol. The van der Waals surface area contributed by atoms with Crippen molar-refractivity contribution < 1.29 is 22.5 Å². The number of hydrazine groups is 1. The van der Waals surface area contributed by atoms with Crippen LogP contribution in [0.1, 0.15) is 17.3 Å². The highest BCUT2D eigenvalue weighted by Crippen LogP contribution is 2.16. The summed E-state index contributed by atoms with van der Waals surface area (Å²) in [4.78, 5) is 31.3. The summed E-state index contributed by atoms with van der Waals surface area (Å²) in [6.07, 6.45) is 3.15. The summed E-state index contributed by atoms with van der Waals surface area (Å²) in [5.74, 6) is -0.529. The van der Waals surface area contributed by atoms with Crippen molar-refractivity contribution in [3.63, 3.8) is 0 Å². The Morgan fingerprint density at radius 2 is 1.77 bits per heavy atom. The highest BCUT2D eigenvalue weighted by Gasteiger charge is 2.23. The first-order valence-corrected chi connectivity index (χ1v) is 10.1. The number of carbonyl (C=O) groups is 2. The number of nitrogens with zero attached hydrogens (tertiary/aromatic N) is 4. The zero-order valence-electron chi connectivity index (χ0n) is 16.1. The first-order valence-electron chi connectivity index (χ1n) is 8.63. The molecule has 2 heterocycles. The number of rotatable bonds is 8. The Bertz CT molecular complexity index is 1150. The van der Waals surface area contributed by atoms with Gasteiger partial charge >= 0.3 is 6.01 Å². The maximum Gasteiger partial charge on any atom is 0.340 e. The SMILES string of the molecule is CC(=O)c1ccc(S(=O)(=O)N(C)CC(=O)NNc2nc(-c3ccncc3)no2)cc1. The lowest BCUT2D eigenvalue weighted by Gasteiger charge is -2.16. The first kappa shape index (κ1) is 21.1. The number of benzene rings is 1. The van der Waals surface area contributed by atoms with E-state index in [4.69, 9.17) is 4.52 Å². The van der Waals surface area contributed by atoms with E-state index in [9.17, 15) is 18.0 Å². The summed E-state index contributed by atoms with van der Waals surface area (Å²) in [7, 11) is -2.65. The Morgan fingerprint density at radius 3 is 2.40 bits per heavy atom. The topological polar surface area (TPSA) is 147 Å². The van der Waals surface area contributed by atoms with Gasteiger partial charge in [-0.25, -0.2) is 13.8 Å². The van der Waals surface area contributed by atoms with Crippen LogP contribution in [0.15, 0.2) is 58.2 Å². The number of ketones is 1. The standard InChI is InChI=1S/C18H18N6O5S/c1-12(25)13-3-5-15(6-4-13)30(27,28)24(2)11-16(26)21-22-18-20-17(23-29-18)14-7-9-19-10-8-14/h3-10H,11H2,1-2H3,(H,21,26)(H,20,22,23). The van der Waals surface area contributed by atoms with Gasteiger partial charge in [0.2, 0.25) is 15.8 Å². The number of pyridine rings is 1. The number of carbonyl (C=O) groups excluding carboxylic acids is 2. The number of likely N-dealkylation sites (N-methyl/N-ethyl adjacent to an activating group) is 1. The molecular formula is C18H18N6O5S. The molecule has 3 aromatic rings. The minimum absolute atomic E-state index is 0.0327. The number of nitrogens with one attached hydrogen (secondary N) is 2. The smallest absolute Gasteiger partial charge is 0.313 e. The number of amides is 1. The van der Waals surface area contributed by atoms with Crippen LogP contribution in [-0.2, 0) is 14.8 Å². The minimum Gasteiger partial charge on any atom is -0.313 e. The summed E-state index contributed by atoms with van der Waals surface area (Å²) < 4.78 is 31.0. The molecule has 0 bridgehead atoms. The fraction of sp³-hybridized carbons (Fsp3) is 0.167. The summed E-state index contributed by atoms with van der Waals surface area (Å²) in [6.45, 7) is 0.922. The van der Waals surface area contributed by atoms with Crippen LogP contribution in [0.25, 0.3) is 11.4 Å². The second kappa shape index (κ2) is 8.80. The van der Waals surface area contributed by atoms with Crippen molar-refractivity contribution in [1.29, 1.82) is 0 Å². The molecule has 1 aromatic carbocycles. The van der Waals surface area contributed by atoms with Crippen molar-refractivity contribution in [2.75, 3.05) is 19.0 Å². The molecule has 0 aliphatic carbocycles. The zero-order chi connectivity index (χ0) is 21.7. The van der Waals surface area contributed by atoms with Crippen LogP contribution in [0.3, 0.4) is 0 Å². The van der Waals surface area contributed by atoms with E-state index in [1.54, 1.807) is 24.5 Å². The van der Waals surface area contributed by atoms with E-state index >= 15 is 0 Å². The lowest BCUT2D eigenvalue weighted by molar-refractivity contribution is -0.120. The molecule has 30 heavy (non-hydrogen) atoms. The maximum absolute atomic E-state index is 12.6. The maximum atomic E-state index is 12.6. The Labute approximate surface area is 172 Å². The third kappa shape index (κ3) is 4.85. The van der Waals surface area contributed by atoms with Gasteiger partial charge in [-0.15, -0.1) is 0 Å². The van der Waals surface area contributed by atoms with Crippen LogP contribution in [-0.4, -0.2) is 53.1 Å². The molecule has 11 nitrogen and oxygen atoms in total. The summed E-state index contributed by atoms with van der Waals surface area (Å²) in [5.41, 5.74) is 5.80. The highest BCUT2D eigenvalue weighted by molar-refractivity contribution is 7.89. The van der Waals surface area contributed by atoms with Gasteiger partial charge in [0.15, 0.2) is 5.78 Å². The lowest BCUT2D eigenvalue weighted by atomic mass is 10.2. The third-order valence-electron chi connectivity index (χ3n) is 4.01. The Kier molecular flexibility index (Phi) is 6.18. The lowest BCUT2D eigenvalue weighted by Crippen LogP contribution is -2.40. The van der Waals surface area contributed by atoms with Crippen molar-refractivity contribution in [1.82, 2.24) is 24.9 Å². The normalized spacial score (nSPS) is 11.3. The van der Waals surface area contributed by atoms with E-state index in [-0.39, 0.29) is 16.7 Å². The van der Waals surface area contributed by atoms with Crippen LogP contribution in [0.4, 0.5) is 6.01 Å². The van der Waals surface area contributed by atoms with E-state index in [0.717, 1.165) is 4.31 Å². The number of hydrogen-bond donors (Lipinski definition) is 2. The van der Waals surface area contributed by atoms with Gasteiger partial charge in [-0.3, -0.25) is 20.0 Å². The van der Waals surface area contributed by atoms with Gasteiger partial charge in [0.05, 0.1) is 11.4 Å². The molecule has 0 aliphatic heterocycles. The zero-order valence-corrected chi connectivity index (χ0v) is 16.9. The number of Topliss-reactive ketones (excluding diaryl/α,β-unsaturated/α-hetero) is 1.